The molecule has 0 fully saturated rings. The molecule has 1 rings (SSSR count). The zero-order chi connectivity index (χ0) is 13.4. The van der Waals surface area contributed by atoms with E-state index in [1.165, 1.54) is 0 Å². The lowest BCUT2D eigenvalue weighted by atomic mass is 10.2. The van der Waals surface area contributed by atoms with Gasteiger partial charge in [0.15, 0.2) is 0 Å². The van der Waals surface area contributed by atoms with Crippen LogP contribution in [0.2, 0.25) is 0 Å². The van der Waals surface area contributed by atoms with Crippen LogP contribution in [0, 0.1) is 0 Å². The van der Waals surface area contributed by atoms with Gasteiger partial charge in [-0.1, -0.05) is 6.08 Å². The molecule has 1 aromatic carbocycles. The fraction of sp³-hybridized carbons (Fsp3) is 0.231. The van der Waals surface area contributed by atoms with Crippen molar-refractivity contribution in [2.24, 2.45) is 0 Å². The zero-order valence-electron chi connectivity index (χ0n) is 10.3. The van der Waals surface area contributed by atoms with Crippen LogP contribution in [-0.2, 0) is 4.79 Å². The second-order valence-corrected chi connectivity index (χ2v) is 3.60. The summed E-state index contributed by atoms with van der Waals surface area (Å²) in [4.78, 5) is 22.6. The van der Waals surface area contributed by atoms with Crippen LogP contribution in [-0.4, -0.2) is 32.0 Å². The average Bonchev–Trinajstić information content (AvgIpc) is 2.42. The highest BCUT2D eigenvalue weighted by atomic mass is 16.2. The first-order valence-electron chi connectivity index (χ1n) is 5.61. The van der Waals surface area contributed by atoms with Crippen LogP contribution < -0.4 is 16.0 Å². The van der Waals surface area contributed by atoms with Crippen LogP contribution in [0.25, 0.3) is 0 Å². The minimum Gasteiger partial charge on any atom is -0.376 e. The molecule has 0 saturated heterocycles. The van der Waals surface area contributed by atoms with Gasteiger partial charge >= 0.3 is 0 Å². The van der Waals surface area contributed by atoms with Gasteiger partial charge in [0.2, 0.25) is 5.91 Å². The molecular weight excluding hydrogens is 230 g/mol. The maximum Gasteiger partial charge on any atom is 0.251 e. The third-order valence-corrected chi connectivity index (χ3v) is 2.27. The zero-order valence-corrected chi connectivity index (χ0v) is 10.3. The Balaban J connectivity index is 2.46. The number of carbonyl (C=O) groups excluding carboxylic acids is 2. The molecule has 3 N–H and O–H groups in total. The molecule has 0 heterocycles. The minimum atomic E-state index is -0.134. The van der Waals surface area contributed by atoms with Gasteiger partial charge in [-0.15, -0.1) is 6.58 Å². The minimum absolute atomic E-state index is 0.106. The van der Waals surface area contributed by atoms with Gasteiger partial charge < -0.3 is 16.0 Å². The van der Waals surface area contributed by atoms with Crippen molar-refractivity contribution in [2.45, 2.75) is 0 Å². The molecule has 5 nitrogen and oxygen atoms in total. The van der Waals surface area contributed by atoms with E-state index in [2.05, 4.69) is 22.5 Å². The lowest BCUT2D eigenvalue weighted by molar-refractivity contribution is -0.119. The van der Waals surface area contributed by atoms with Gasteiger partial charge in [0, 0.05) is 24.8 Å². The predicted octanol–water partition coefficient (Wildman–Crippen LogP) is 0.760. The summed E-state index contributed by atoms with van der Waals surface area (Å²) in [6.45, 7) is 4.15. The van der Waals surface area contributed by atoms with E-state index in [1.807, 2.05) is 0 Å². The summed E-state index contributed by atoms with van der Waals surface area (Å²) in [5.74, 6) is -0.240. The summed E-state index contributed by atoms with van der Waals surface area (Å²) in [6.07, 6.45) is 1.62. The highest BCUT2D eigenvalue weighted by Crippen LogP contribution is 2.08. The summed E-state index contributed by atoms with van der Waals surface area (Å²) in [7, 11) is 1.58. The SMILES string of the molecule is C=CCNC(=O)CNc1ccc(C(=O)NC)cc1. The molecular formula is C13H17N3O2. The van der Waals surface area contributed by atoms with Gasteiger partial charge in [-0.3, -0.25) is 9.59 Å². The molecule has 0 aliphatic carbocycles. The summed E-state index contributed by atoms with van der Waals surface area (Å²) in [5, 5.41) is 8.16. The van der Waals surface area contributed by atoms with Crippen molar-refractivity contribution >= 4 is 17.5 Å². The van der Waals surface area contributed by atoms with Crippen molar-refractivity contribution in [1.29, 1.82) is 0 Å². The highest BCUT2D eigenvalue weighted by molar-refractivity contribution is 5.94. The first kappa shape index (κ1) is 13.8. The van der Waals surface area contributed by atoms with Crippen LogP contribution in [0.1, 0.15) is 10.4 Å². The molecule has 96 valence electrons. The first-order valence-corrected chi connectivity index (χ1v) is 5.61. The molecule has 1 aromatic rings. The van der Waals surface area contributed by atoms with E-state index in [-0.39, 0.29) is 18.4 Å². The smallest absolute Gasteiger partial charge is 0.251 e. The Morgan fingerprint density at radius 2 is 1.94 bits per heavy atom. The summed E-state index contributed by atoms with van der Waals surface area (Å²) in [5.41, 5.74) is 1.37. The van der Waals surface area contributed by atoms with Crippen molar-refractivity contribution in [1.82, 2.24) is 10.6 Å². The number of carbonyl (C=O) groups is 2. The number of nitrogens with one attached hydrogen (secondary N) is 3. The molecule has 0 aromatic heterocycles. The molecule has 2 amide bonds. The quantitative estimate of drug-likeness (QED) is 0.650. The molecule has 0 spiro atoms. The summed E-state index contributed by atoms with van der Waals surface area (Å²) >= 11 is 0. The number of anilines is 1. The molecule has 0 radical (unpaired) electrons. The van der Waals surface area contributed by atoms with Crippen LogP contribution in [0.15, 0.2) is 36.9 Å². The molecule has 0 bridgehead atoms. The van der Waals surface area contributed by atoms with Gasteiger partial charge in [0.1, 0.15) is 0 Å². The maximum atomic E-state index is 11.3. The van der Waals surface area contributed by atoms with E-state index in [9.17, 15) is 9.59 Å². The number of rotatable bonds is 6. The van der Waals surface area contributed by atoms with Gasteiger partial charge in [0.25, 0.3) is 5.91 Å². The highest BCUT2D eigenvalue weighted by Gasteiger charge is 2.03. The Hall–Kier alpha value is -2.30. The van der Waals surface area contributed by atoms with E-state index in [4.69, 9.17) is 0 Å². The molecule has 0 aliphatic heterocycles. The largest absolute Gasteiger partial charge is 0.376 e. The first-order chi connectivity index (χ1) is 8.67. The Morgan fingerprint density at radius 3 is 2.50 bits per heavy atom. The van der Waals surface area contributed by atoms with Crippen LogP contribution in [0.4, 0.5) is 5.69 Å². The molecule has 18 heavy (non-hydrogen) atoms. The fourth-order valence-corrected chi connectivity index (χ4v) is 1.31. The van der Waals surface area contributed by atoms with E-state index in [1.54, 1.807) is 37.4 Å². The topological polar surface area (TPSA) is 70.2 Å². The third-order valence-electron chi connectivity index (χ3n) is 2.27. The molecule has 0 atom stereocenters. The van der Waals surface area contributed by atoms with Crippen LogP contribution >= 0.6 is 0 Å². The van der Waals surface area contributed by atoms with Gasteiger partial charge in [-0.25, -0.2) is 0 Å². The third kappa shape index (κ3) is 4.29. The number of amides is 2. The lowest BCUT2D eigenvalue weighted by Gasteiger charge is -2.07. The Bertz CT molecular complexity index is 426. The Labute approximate surface area is 106 Å². The monoisotopic (exact) mass is 247 g/mol. The van der Waals surface area contributed by atoms with Crippen molar-refractivity contribution in [3.63, 3.8) is 0 Å². The molecule has 0 aliphatic rings. The van der Waals surface area contributed by atoms with Crippen molar-refractivity contribution in [3.8, 4) is 0 Å². The standard InChI is InChI=1S/C13H17N3O2/c1-3-8-15-12(17)9-16-11-6-4-10(5-7-11)13(18)14-2/h3-7,16H,1,8-9H2,2H3,(H,14,18)(H,15,17). The fourth-order valence-electron chi connectivity index (χ4n) is 1.31. The number of hydrogen-bond acceptors (Lipinski definition) is 3. The second-order valence-electron chi connectivity index (χ2n) is 3.60. The van der Waals surface area contributed by atoms with E-state index in [0.29, 0.717) is 12.1 Å². The van der Waals surface area contributed by atoms with Crippen molar-refractivity contribution in [3.05, 3.63) is 42.5 Å². The van der Waals surface area contributed by atoms with Gasteiger partial charge in [-0.05, 0) is 24.3 Å². The maximum absolute atomic E-state index is 11.3. The molecule has 0 saturated carbocycles. The summed E-state index contributed by atoms with van der Waals surface area (Å²) < 4.78 is 0. The normalized spacial score (nSPS) is 9.39. The van der Waals surface area contributed by atoms with Gasteiger partial charge in [0.05, 0.1) is 6.54 Å². The number of hydrogen-bond donors (Lipinski definition) is 3. The van der Waals surface area contributed by atoms with Crippen molar-refractivity contribution < 1.29 is 9.59 Å². The number of benzene rings is 1. The predicted molar refractivity (Wildman–Crippen MR) is 71.5 cm³/mol. The van der Waals surface area contributed by atoms with Crippen molar-refractivity contribution in [2.75, 3.05) is 25.5 Å². The summed E-state index contributed by atoms with van der Waals surface area (Å²) in [6, 6.07) is 6.91. The Morgan fingerprint density at radius 1 is 1.28 bits per heavy atom. The van der Waals surface area contributed by atoms with Gasteiger partial charge in [-0.2, -0.15) is 0 Å². The van der Waals surface area contributed by atoms with Crippen LogP contribution in [0.3, 0.4) is 0 Å². The second kappa shape index (κ2) is 7.11. The Kier molecular flexibility index (Phi) is 5.44. The lowest BCUT2D eigenvalue weighted by Crippen LogP contribution is -2.29. The molecule has 0 unspecified atom stereocenters. The van der Waals surface area contributed by atoms with E-state index in [0.717, 1.165) is 5.69 Å². The average molecular weight is 247 g/mol. The van der Waals surface area contributed by atoms with E-state index >= 15 is 0 Å². The molecule has 5 heteroatoms. The van der Waals surface area contributed by atoms with E-state index < -0.39 is 0 Å². The van der Waals surface area contributed by atoms with Crippen LogP contribution in [0.5, 0.6) is 0 Å².